The molecule has 0 saturated heterocycles. The van der Waals surface area contributed by atoms with Crippen molar-refractivity contribution >= 4 is 5.97 Å². The zero-order valence-electron chi connectivity index (χ0n) is 15.9. The Hall–Kier alpha value is -2.31. The first-order chi connectivity index (χ1) is 13.4. The van der Waals surface area contributed by atoms with Crippen molar-refractivity contribution in [3.8, 4) is 0 Å². The van der Waals surface area contributed by atoms with E-state index < -0.39 is 36.1 Å². The van der Waals surface area contributed by atoms with E-state index in [4.69, 9.17) is 14.2 Å². The van der Waals surface area contributed by atoms with Crippen molar-refractivity contribution in [2.75, 3.05) is 0 Å². The lowest BCUT2D eigenvalue weighted by atomic mass is 10.1. The standard InChI is InChI=1S/C22H24F2O4/c1-15-19(26-13-17-9-5-3-6-10-17)20(21(22(15,23)24)28-16(2)25)27-14-18-11-7-4-8-12-18/h3-12,15,19-21H,13-14H2,1-2H3/t15-,19-,20+,21-/m0/s1. The molecule has 4 atom stereocenters. The van der Waals surface area contributed by atoms with Crippen molar-refractivity contribution in [2.24, 2.45) is 5.92 Å². The summed E-state index contributed by atoms with van der Waals surface area (Å²) in [4.78, 5) is 11.4. The second-order valence-electron chi connectivity index (χ2n) is 7.02. The van der Waals surface area contributed by atoms with Gasteiger partial charge in [-0.2, -0.15) is 0 Å². The smallest absolute Gasteiger partial charge is 0.303 e. The van der Waals surface area contributed by atoms with Gasteiger partial charge in [0, 0.05) is 6.92 Å². The van der Waals surface area contributed by atoms with Gasteiger partial charge in [-0.05, 0) is 11.1 Å². The summed E-state index contributed by atoms with van der Waals surface area (Å²) in [5, 5.41) is 0. The molecule has 0 amide bonds. The summed E-state index contributed by atoms with van der Waals surface area (Å²) in [6.45, 7) is 2.81. The molecule has 0 unspecified atom stereocenters. The molecule has 0 N–H and O–H groups in total. The first-order valence-electron chi connectivity index (χ1n) is 9.25. The summed E-state index contributed by atoms with van der Waals surface area (Å²) in [6.07, 6.45) is -3.68. The molecule has 0 aliphatic heterocycles. The van der Waals surface area contributed by atoms with Crippen LogP contribution < -0.4 is 0 Å². The molecule has 2 aromatic carbocycles. The highest BCUT2D eigenvalue weighted by Gasteiger charge is 2.64. The van der Waals surface area contributed by atoms with Gasteiger partial charge >= 0.3 is 5.97 Å². The van der Waals surface area contributed by atoms with Gasteiger partial charge in [0.2, 0.25) is 0 Å². The van der Waals surface area contributed by atoms with E-state index in [2.05, 4.69) is 0 Å². The van der Waals surface area contributed by atoms with Crippen LogP contribution in [-0.4, -0.2) is 30.2 Å². The van der Waals surface area contributed by atoms with E-state index >= 15 is 0 Å². The Labute approximate surface area is 163 Å². The number of alkyl halides is 2. The molecule has 1 aliphatic rings. The Morgan fingerprint density at radius 2 is 1.36 bits per heavy atom. The maximum Gasteiger partial charge on any atom is 0.303 e. The predicted octanol–water partition coefficient (Wildman–Crippen LogP) is 4.37. The van der Waals surface area contributed by atoms with E-state index in [1.165, 1.54) is 6.92 Å². The minimum absolute atomic E-state index is 0.122. The first kappa shape index (κ1) is 20.4. The second kappa shape index (κ2) is 8.80. The highest BCUT2D eigenvalue weighted by molar-refractivity contribution is 5.66. The van der Waals surface area contributed by atoms with Crippen LogP contribution in [0.2, 0.25) is 0 Å². The van der Waals surface area contributed by atoms with Crippen molar-refractivity contribution in [3.05, 3.63) is 71.8 Å². The molecule has 0 spiro atoms. The van der Waals surface area contributed by atoms with Gasteiger partial charge in [0.25, 0.3) is 5.92 Å². The van der Waals surface area contributed by atoms with Gasteiger partial charge in [0.1, 0.15) is 6.10 Å². The molecule has 1 fully saturated rings. The summed E-state index contributed by atoms with van der Waals surface area (Å²) in [5.74, 6) is -5.19. The topological polar surface area (TPSA) is 44.8 Å². The van der Waals surface area contributed by atoms with Crippen molar-refractivity contribution in [1.29, 1.82) is 0 Å². The van der Waals surface area contributed by atoms with E-state index in [1.807, 2.05) is 60.7 Å². The van der Waals surface area contributed by atoms with Gasteiger partial charge in [-0.25, -0.2) is 8.78 Å². The lowest BCUT2D eigenvalue weighted by Crippen LogP contribution is -2.42. The molecule has 2 aromatic rings. The molecule has 1 saturated carbocycles. The first-order valence-corrected chi connectivity index (χ1v) is 9.25. The Morgan fingerprint density at radius 1 is 0.893 bits per heavy atom. The van der Waals surface area contributed by atoms with Crippen molar-refractivity contribution < 1.29 is 27.8 Å². The Bertz CT molecular complexity index is 767. The third-order valence-electron chi connectivity index (χ3n) is 4.96. The predicted molar refractivity (Wildman–Crippen MR) is 99.7 cm³/mol. The zero-order valence-corrected chi connectivity index (χ0v) is 15.9. The van der Waals surface area contributed by atoms with Crippen LogP contribution >= 0.6 is 0 Å². The molecule has 0 aromatic heterocycles. The summed E-state index contributed by atoms with van der Waals surface area (Å²) in [5.41, 5.74) is 1.71. The van der Waals surface area contributed by atoms with Gasteiger partial charge < -0.3 is 14.2 Å². The minimum atomic E-state index is -3.26. The summed E-state index contributed by atoms with van der Waals surface area (Å²) < 4.78 is 46.4. The Kier molecular flexibility index (Phi) is 6.42. The Balaban J connectivity index is 1.79. The van der Waals surface area contributed by atoms with Crippen LogP contribution in [0.5, 0.6) is 0 Å². The summed E-state index contributed by atoms with van der Waals surface area (Å²) in [6, 6.07) is 18.6. The molecule has 3 rings (SSSR count). The number of esters is 1. The van der Waals surface area contributed by atoms with Crippen LogP contribution in [0.4, 0.5) is 8.78 Å². The number of carbonyl (C=O) groups is 1. The van der Waals surface area contributed by atoms with Gasteiger partial charge in [-0.3, -0.25) is 4.79 Å². The molecule has 0 bridgehead atoms. The molecule has 150 valence electrons. The van der Waals surface area contributed by atoms with E-state index in [0.29, 0.717) is 0 Å². The van der Waals surface area contributed by atoms with Crippen LogP contribution in [0.1, 0.15) is 25.0 Å². The largest absolute Gasteiger partial charge is 0.453 e. The Morgan fingerprint density at radius 3 is 1.82 bits per heavy atom. The van der Waals surface area contributed by atoms with E-state index in [-0.39, 0.29) is 13.2 Å². The molecule has 0 heterocycles. The van der Waals surface area contributed by atoms with Crippen LogP contribution in [0, 0.1) is 5.92 Å². The van der Waals surface area contributed by atoms with Gasteiger partial charge in [0.15, 0.2) is 6.10 Å². The minimum Gasteiger partial charge on any atom is -0.453 e. The van der Waals surface area contributed by atoms with Crippen LogP contribution in [-0.2, 0) is 32.2 Å². The molecular formula is C22H24F2O4. The molecule has 1 aliphatic carbocycles. The normalized spacial score (nSPS) is 26.1. The number of hydrogen-bond acceptors (Lipinski definition) is 4. The summed E-state index contributed by atoms with van der Waals surface area (Å²) in [7, 11) is 0. The number of rotatable bonds is 7. The lowest BCUT2D eigenvalue weighted by molar-refractivity contribution is -0.186. The molecule has 6 heteroatoms. The maximum absolute atomic E-state index is 14.9. The molecular weight excluding hydrogens is 366 g/mol. The fraction of sp³-hybridized carbons (Fsp3) is 0.409. The van der Waals surface area contributed by atoms with Crippen molar-refractivity contribution in [1.82, 2.24) is 0 Å². The van der Waals surface area contributed by atoms with E-state index in [1.54, 1.807) is 0 Å². The zero-order chi connectivity index (χ0) is 20.1. The fourth-order valence-corrected chi connectivity index (χ4v) is 3.43. The van der Waals surface area contributed by atoms with E-state index in [0.717, 1.165) is 18.1 Å². The average molecular weight is 390 g/mol. The van der Waals surface area contributed by atoms with Gasteiger partial charge in [-0.15, -0.1) is 0 Å². The lowest BCUT2D eigenvalue weighted by Gasteiger charge is -2.26. The van der Waals surface area contributed by atoms with Crippen molar-refractivity contribution in [3.63, 3.8) is 0 Å². The average Bonchev–Trinajstić information content (AvgIpc) is 2.86. The number of carbonyl (C=O) groups excluding carboxylic acids is 1. The number of ether oxygens (including phenoxy) is 3. The number of benzene rings is 2. The second-order valence-corrected chi connectivity index (χ2v) is 7.02. The monoisotopic (exact) mass is 390 g/mol. The maximum atomic E-state index is 14.9. The van der Waals surface area contributed by atoms with Gasteiger partial charge in [-0.1, -0.05) is 67.6 Å². The molecule has 28 heavy (non-hydrogen) atoms. The molecule has 0 radical (unpaired) electrons. The van der Waals surface area contributed by atoms with Gasteiger partial charge in [0.05, 0.1) is 25.2 Å². The highest BCUT2D eigenvalue weighted by atomic mass is 19.3. The quantitative estimate of drug-likeness (QED) is 0.659. The van der Waals surface area contributed by atoms with E-state index in [9.17, 15) is 13.6 Å². The van der Waals surface area contributed by atoms with Crippen molar-refractivity contribution in [2.45, 2.75) is 51.3 Å². The summed E-state index contributed by atoms with van der Waals surface area (Å²) >= 11 is 0. The molecule has 4 nitrogen and oxygen atoms in total. The van der Waals surface area contributed by atoms with Crippen LogP contribution in [0.3, 0.4) is 0 Å². The third kappa shape index (κ3) is 4.56. The SMILES string of the molecule is CC(=O)O[C@H]1[C@H](OCc2ccccc2)[C@@H](OCc2ccccc2)[C@H](C)C1(F)F. The number of halogens is 2. The highest BCUT2D eigenvalue weighted by Crippen LogP contribution is 2.45. The third-order valence-corrected chi connectivity index (χ3v) is 4.96. The van der Waals surface area contributed by atoms with Crippen LogP contribution in [0.25, 0.3) is 0 Å². The fourth-order valence-electron chi connectivity index (χ4n) is 3.43. The van der Waals surface area contributed by atoms with Crippen LogP contribution in [0.15, 0.2) is 60.7 Å². The number of hydrogen-bond donors (Lipinski definition) is 0.